The van der Waals surface area contributed by atoms with E-state index in [4.69, 9.17) is 27.3 Å². The fourth-order valence-electron chi connectivity index (χ4n) is 1.97. The SMILES string of the molecule is Cc1cc(Cl)cc(C)c1Oc1ccc(/C(N)=N/O)cc1Br. The van der Waals surface area contributed by atoms with Crippen LogP contribution in [0.3, 0.4) is 0 Å². The summed E-state index contributed by atoms with van der Waals surface area (Å²) < 4.78 is 6.65. The summed E-state index contributed by atoms with van der Waals surface area (Å²) >= 11 is 9.43. The third-order valence-electron chi connectivity index (χ3n) is 2.97. The highest BCUT2D eigenvalue weighted by Crippen LogP contribution is 2.35. The van der Waals surface area contributed by atoms with E-state index in [1.165, 1.54) is 0 Å². The highest BCUT2D eigenvalue weighted by Gasteiger charge is 2.11. The molecule has 0 saturated heterocycles. The van der Waals surface area contributed by atoms with Crippen molar-refractivity contribution in [2.45, 2.75) is 13.8 Å². The quantitative estimate of drug-likeness (QED) is 0.359. The number of halogens is 2. The van der Waals surface area contributed by atoms with Crippen LogP contribution in [0.5, 0.6) is 11.5 Å². The Balaban J connectivity index is 2.37. The summed E-state index contributed by atoms with van der Waals surface area (Å²) in [6, 6.07) is 8.90. The second-order valence-corrected chi connectivity index (χ2v) is 5.89. The van der Waals surface area contributed by atoms with Crippen molar-refractivity contribution in [1.29, 1.82) is 0 Å². The highest BCUT2D eigenvalue weighted by molar-refractivity contribution is 9.10. The van der Waals surface area contributed by atoms with Gasteiger partial charge in [0.1, 0.15) is 11.5 Å². The number of benzene rings is 2. The van der Waals surface area contributed by atoms with E-state index < -0.39 is 0 Å². The Labute approximate surface area is 136 Å². The van der Waals surface area contributed by atoms with Gasteiger partial charge in [0.2, 0.25) is 0 Å². The van der Waals surface area contributed by atoms with Gasteiger partial charge in [0.15, 0.2) is 5.84 Å². The van der Waals surface area contributed by atoms with Crippen LogP contribution in [0.25, 0.3) is 0 Å². The van der Waals surface area contributed by atoms with Crippen molar-refractivity contribution in [2.24, 2.45) is 10.9 Å². The third-order valence-corrected chi connectivity index (χ3v) is 3.81. The maximum Gasteiger partial charge on any atom is 0.170 e. The summed E-state index contributed by atoms with van der Waals surface area (Å²) in [6.07, 6.45) is 0. The van der Waals surface area contributed by atoms with Crippen molar-refractivity contribution >= 4 is 33.4 Å². The summed E-state index contributed by atoms with van der Waals surface area (Å²) in [4.78, 5) is 0. The molecule has 2 rings (SSSR count). The normalized spacial score (nSPS) is 11.5. The molecule has 0 aliphatic heterocycles. The van der Waals surface area contributed by atoms with Crippen LogP contribution in [0, 0.1) is 13.8 Å². The van der Waals surface area contributed by atoms with Crippen LogP contribution in [0.1, 0.15) is 16.7 Å². The van der Waals surface area contributed by atoms with Gasteiger partial charge in [0, 0.05) is 10.6 Å². The minimum absolute atomic E-state index is 0.0427. The van der Waals surface area contributed by atoms with Crippen molar-refractivity contribution in [2.75, 3.05) is 0 Å². The Hall–Kier alpha value is -1.72. The molecular weight excluding hydrogens is 356 g/mol. The molecule has 2 aromatic rings. The fourth-order valence-corrected chi connectivity index (χ4v) is 2.76. The van der Waals surface area contributed by atoms with Crippen LogP contribution < -0.4 is 10.5 Å². The molecule has 6 heteroatoms. The maximum absolute atomic E-state index is 8.69. The molecule has 0 unspecified atom stereocenters. The van der Waals surface area contributed by atoms with Crippen LogP contribution >= 0.6 is 27.5 Å². The number of nitrogens with zero attached hydrogens (tertiary/aromatic N) is 1. The van der Waals surface area contributed by atoms with Crippen LogP contribution in [0.2, 0.25) is 5.02 Å². The topological polar surface area (TPSA) is 67.8 Å². The van der Waals surface area contributed by atoms with Crippen molar-refractivity contribution < 1.29 is 9.94 Å². The van der Waals surface area contributed by atoms with Crippen molar-refractivity contribution in [3.8, 4) is 11.5 Å². The maximum atomic E-state index is 8.69. The van der Waals surface area contributed by atoms with Gasteiger partial charge in [-0.2, -0.15) is 0 Å². The van der Waals surface area contributed by atoms with E-state index in [0.29, 0.717) is 20.8 Å². The van der Waals surface area contributed by atoms with Gasteiger partial charge < -0.3 is 15.7 Å². The summed E-state index contributed by atoms with van der Waals surface area (Å²) in [5.74, 6) is 1.44. The molecule has 0 amide bonds. The Kier molecular flexibility index (Phi) is 4.75. The van der Waals surface area contributed by atoms with E-state index in [1.807, 2.05) is 26.0 Å². The second kappa shape index (κ2) is 6.37. The zero-order valence-corrected chi connectivity index (χ0v) is 13.9. The van der Waals surface area contributed by atoms with Crippen LogP contribution in [0.15, 0.2) is 40.0 Å². The lowest BCUT2D eigenvalue weighted by Gasteiger charge is -2.14. The predicted molar refractivity (Wildman–Crippen MR) is 87.7 cm³/mol. The molecule has 0 aromatic heterocycles. The van der Waals surface area contributed by atoms with E-state index in [2.05, 4.69) is 21.1 Å². The number of oxime groups is 1. The molecule has 0 atom stereocenters. The van der Waals surface area contributed by atoms with Gasteiger partial charge in [-0.05, 0) is 71.2 Å². The van der Waals surface area contributed by atoms with Gasteiger partial charge in [-0.15, -0.1) is 0 Å². The first kappa shape index (κ1) is 15.7. The molecule has 0 spiro atoms. The molecule has 0 aliphatic carbocycles. The monoisotopic (exact) mass is 368 g/mol. The standard InChI is InChI=1S/C15H14BrClN2O2/c1-8-5-11(17)6-9(2)14(8)21-13-4-3-10(7-12(13)16)15(18)19-20/h3-7,20H,1-2H3,(H2,18,19). The molecule has 3 N–H and O–H groups in total. The number of nitrogens with two attached hydrogens (primary N) is 1. The molecule has 21 heavy (non-hydrogen) atoms. The summed E-state index contributed by atoms with van der Waals surface area (Å²) in [7, 11) is 0. The number of aryl methyl sites for hydroxylation is 2. The molecule has 0 aliphatic rings. The minimum Gasteiger partial charge on any atom is -0.456 e. The van der Waals surface area contributed by atoms with E-state index in [0.717, 1.165) is 16.9 Å². The lowest BCUT2D eigenvalue weighted by Crippen LogP contribution is -2.12. The average Bonchev–Trinajstić information content (AvgIpc) is 2.43. The zero-order valence-electron chi connectivity index (χ0n) is 11.5. The molecule has 0 fully saturated rings. The summed E-state index contributed by atoms with van der Waals surface area (Å²) in [5, 5.41) is 12.3. The lowest BCUT2D eigenvalue weighted by molar-refractivity contribution is 0.318. The lowest BCUT2D eigenvalue weighted by atomic mass is 10.1. The Morgan fingerprint density at radius 2 is 1.86 bits per heavy atom. The third kappa shape index (κ3) is 3.49. The van der Waals surface area contributed by atoms with E-state index in [9.17, 15) is 0 Å². The molecule has 2 aromatic carbocycles. The van der Waals surface area contributed by atoms with Crippen LogP contribution in [-0.2, 0) is 0 Å². The number of rotatable bonds is 3. The number of hydrogen-bond donors (Lipinski definition) is 2. The van der Waals surface area contributed by atoms with E-state index >= 15 is 0 Å². The molecule has 4 nitrogen and oxygen atoms in total. The number of ether oxygens (including phenoxy) is 1. The highest BCUT2D eigenvalue weighted by atomic mass is 79.9. The van der Waals surface area contributed by atoms with Crippen molar-refractivity contribution in [3.05, 3.63) is 56.5 Å². The van der Waals surface area contributed by atoms with Gasteiger partial charge in [-0.3, -0.25) is 0 Å². The first-order valence-electron chi connectivity index (χ1n) is 6.14. The Morgan fingerprint density at radius 1 is 1.24 bits per heavy atom. The first-order valence-corrected chi connectivity index (χ1v) is 7.31. The Morgan fingerprint density at radius 3 is 2.38 bits per heavy atom. The van der Waals surface area contributed by atoms with Crippen LogP contribution in [-0.4, -0.2) is 11.0 Å². The number of hydrogen-bond acceptors (Lipinski definition) is 3. The average molecular weight is 370 g/mol. The van der Waals surface area contributed by atoms with Gasteiger partial charge in [-0.1, -0.05) is 16.8 Å². The summed E-state index contributed by atoms with van der Waals surface area (Å²) in [6.45, 7) is 3.87. The molecule has 0 bridgehead atoms. The predicted octanol–water partition coefficient (Wildman–Crippen LogP) is 4.61. The Bertz CT molecular complexity index is 694. The largest absolute Gasteiger partial charge is 0.456 e. The zero-order chi connectivity index (χ0) is 15.6. The first-order chi connectivity index (χ1) is 9.92. The van der Waals surface area contributed by atoms with Gasteiger partial charge >= 0.3 is 0 Å². The van der Waals surface area contributed by atoms with E-state index in [-0.39, 0.29) is 5.84 Å². The van der Waals surface area contributed by atoms with Gasteiger partial charge in [0.25, 0.3) is 0 Å². The smallest absolute Gasteiger partial charge is 0.170 e. The second-order valence-electron chi connectivity index (χ2n) is 4.60. The molecule has 0 saturated carbocycles. The molecule has 0 heterocycles. The van der Waals surface area contributed by atoms with Crippen molar-refractivity contribution in [3.63, 3.8) is 0 Å². The fraction of sp³-hybridized carbons (Fsp3) is 0.133. The van der Waals surface area contributed by atoms with Crippen molar-refractivity contribution in [1.82, 2.24) is 0 Å². The van der Waals surface area contributed by atoms with Crippen LogP contribution in [0.4, 0.5) is 0 Å². The van der Waals surface area contributed by atoms with Gasteiger partial charge in [-0.25, -0.2) is 0 Å². The van der Waals surface area contributed by atoms with E-state index in [1.54, 1.807) is 18.2 Å². The number of amidine groups is 1. The summed E-state index contributed by atoms with van der Waals surface area (Å²) in [5.41, 5.74) is 8.06. The molecular formula is C15H14BrClN2O2. The molecule has 0 radical (unpaired) electrons. The van der Waals surface area contributed by atoms with Gasteiger partial charge in [0.05, 0.1) is 4.47 Å². The minimum atomic E-state index is 0.0427. The molecule has 110 valence electrons.